The van der Waals surface area contributed by atoms with Crippen LogP contribution in [0.15, 0.2) is 0 Å². The van der Waals surface area contributed by atoms with Gasteiger partial charge in [0.1, 0.15) is 0 Å². The average Bonchev–Trinajstić information content (AvgIpc) is 2.20. The number of piperidine rings is 1. The SMILES string of the molecule is CN1CC2CC(O)C1C2N. The summed E-state index contributed by atoms with van der Waals surface area (Å²) in [5.74, 6) is 0.546. The summed E-state index contributed by atoms with van der Waals surface area (Å²) in [6.07, 6.45) is 0.745. The van der Waals surface area contributed by atoms with Gasteiger partial charge in [0.05, 0.1) is 12.1 Å². The minimum atomic E-state index is -0.168. The maximum Gasteiger partial charge on any atom is 0.0714 e. The predicted molar refractivity (Wildman–Crippen MR) is 38.5 cm³/mol. The number of fused-ring (bicyclic) bond motifs is 2. The van der Waals surface area contributed by atoms with Crippen LogP contribution in [-0.4, -0.2) is 41.8 Å². The number of hydrogen-bond acceptors (Lipinski definition) is 3. The highest BCUT2D eigenvalue weighted by molar-refractivity contribution is 5.05. The third kappa shape index (κ3) is 0.654. The van der Waals surface area contributed by atoms with Crippen LogP contribution in [0.5, 0.6) is 0 Å². The van der Waals surface area contributed by atoms with Gasteiger partial charge in [-0.3, -0.25) is 4.90 Å². The fourth-order valence-electron chi connectivity index (χ4n) is 2.42. The standard InChI is InChI=1S/C7H14N2O/c1-9-3-4-2-5(10)7(9)6(4)8/h4-7,10H,2-3,8H2,1H3. The third-order valence-electron chi connectivity index (χ3n) is 2.91. The molecule has 2 bridgehead atoms. The number of aliphatic hydroxyl groups excluding tert-OH is 1. The van der Waals surface area contributed by atoms with Crippen LogP contribution in [-0.2, 0) is 0 Å². The van der Waals surface area contributed by atoms with Crippen LogP contribution in [0.25, 0.3) is 0 Å². The summed E-state index contributed by atoms with van der Waals surface area (Å²) < 4.78 is 0. The zero-order valence-electron chi connectivity index (χ0n) is 6.20. The molecule has 0 amide bonds. The summed E-state index contributed by atoms with van der Waals surface area (Å²) in [6, 6.07) is 0.463. The molecule has 4 atom stereocenters. The van der Waals surface area contributed by atoms with Gasteiger partial charge in [0.15, 0.2) is 0 Å². The monoisotopic (exact) mass is 142 g/mol. The summed E-state index contributed by atoms with van der Waals surface area (Å²) in [6.45, 7) is 1.07. The van der Waals surface area contributed by atoms with Crippen molar-refractivity contribution in [3.63, 3.8) is 0 Å². The largest absolute Gasteiger partial charge is 0.391 e. The number of aliphatic hydroxyl groups is 1. The van der Waals surface area contributed by atoms with Crippen molar-refractivity contribution in [2.75, 3.05) is 13.6 Å². The van der Waals surface area contributed by atoms with E-state index in [0.717, 1.165) is 13.0 Å². The number of likely N-dealkylation sites (N-methyl/N-ethyl adjacent to an activating group) is 1. The first-order valence-corrected chi connectivity index (χ1v) is 3.84. The molecule has 2 rings (SSSR count). The number of nitrogens with two attached hydrogens (primary N) is 1. The molecule has 0 aromatic heterocycles. The van der Waals surface area contributed by atoms with Crippen LogP contribution in [0, 0.1) is 5.92 Å². The molecular weight excluding hydrogens is 128 g/mol. The maximum atomic E-state index is 9.44. The van der Waals surface area contributed by atoms with E-state index in [1.807, 2.05) is 7.05 Å². The minimum Gasteiger partial charge on any atom is -0.391 e. The molecule has 58 valence electrons. The van der Waals surface area contributed by atoms with E-state index in [1.165, 1.54) is 0 Å². The van der Waals surface area contributed by atoms with Crippen molar-refractivity contribution in [1.82, 2.24) is 4.90 Å². The lowest BCUT2D eigenvalue weighted by Gasteiger charge is -2.26. The van der Waals surface area contributed by atoms with Crippen LogP contribution < -0.4 is 5.73 Å². The van der Waals surface area contributed by atoms with Gasteiger partial charge in [-0.1, -0.05) is 0 Å². The highest BCUT2D eigenvalue weighted by atomic mass is 16.3. The van der Waals surface area contributed by atoms with Gasteiger partial charge in [0, 0.05) is 12.6 Å². The molecule has 0 spiro atoms. The maximum absolute atomic E-state index is 9.44. The number of nitrogens with zero attached hydrogens (tertiary/aromatic N) is 1. The number of likely N-dealkylation sites (tertiary alicyclic amines) is 1. The molecule has 1 saturated carbocycles. The molecule has 2 aliphatic rings. The zero-order valence-corrected chi connectivity index (χ0v) is 6.20. The van der Waals surface area contributed by atoms with Crippen LogP contribution in [0.1, 0.15) is 6.42 Å². The molecule has 3 heteroatoms. The highest BCUT2D eigenvalue weighted by Gasteiger charge is 2.48. The molecule has 1 saturated heterocycles. The quantitative estimate of drug-likeness (QED) is 0.456. The Hall–Kier alpha value is -0.120. The van der Waals surface area contributed by atoms with Gasteiger partial charge in [-0.25, -0.2) is 0 Å². The Kier molecular flexibility index (Phi) is 1.27. The molecule has 0 radical (unpaired) electrons. The summed E-state index contributed by atoms with van der Waals surface area (Å²) >= 11 is 0. The van der Waals surface area contributed by atoms with Gasteiger partial charge in [0.2, 0.25) is 0 Å². The van der Waals surface area contributed by atoms with Crippen LogP contribution in [0.4, 0.5) is 0 Å². The van der Waals surface area contributed by atoms with Gasteiger partial charge in [0.25, 0.3) is 0 Å². The van der Waals surface area contributed by atoms with E-state index in [1.54, 1.807) is 0 Å². The lowest BCUT2D eigenvalue weighted by atomic mass is 10.1. The second-order valence-corrected chi connectivity index (χ2v) is 3.57. The molecule has 3 N–H and O–H groups in total. The summed E-state index contributed by atoms with van der Waals surface area (Å²) in [5.41, 5.74) is 5.86. The van der Waals surface area contributed by atoms with Gasteiger partial charge < -0.3 is 10.8 Å². The predicted octanol–water partition coefficient (Wildman–Crippen LogP) is -0.991. The smallest absolute Gasteiger partial charge is 0.0714 e. The van der Waals surface area contributed by atoms with Crippen molar-refractivity contribution in [3.05, 3.63) is 0 Å². The van der Waals surface area contributed by atoms with Gasteiger partial charge >= 0.3 is 0 Å². The molecule has 0 aromatic rings. The van der Waals surface area contributed by atoms with Crippen molar-refractivity contribution >= 4 is 0 Å². The first-order valence-electron chi connectivity index (χ1n) is 3.84. The molecule has 2 fully saturated rings. The fraction of sp³-hybridized carbons (Fsp3) is 1.00. The average molecular weight is 142 g/mol. The van der Waals surface area contributed by atoms with Crippen LogP contribution >= 0.6 is 0 Å². The summed E-state index contributed by atoms with van der Waals surface area (Å²) in [5, 5.41) is 9.44. The van der Waals surface area contributed by atoms with E-state index in [-0.39, 0.29) is 18.2 Å². The minimum absolute atomic E-state index is 0.168. The topological polar surface area (TPSA) is 49.5 Å². The molecular formula is C7H14N2O. The fourth-order valence-corrected chi connectivity index (χ4v) is 2.42. The van der Waals surface area contributed by atoms with Crippen molar-refractivity contribution in [2.45, 2.75) is 24.6 Å². The molecule has 1 aliphatic heterocycles. The second-order valence-electron chi connectivity index (χ2n) is 3.57. The Labute approximate surface area is 60.8 Å². The van der Waals surface area contributed by atoms with Crippen LogP contribution in [0.3, 0.4) is 0 Å². The molecule has 4 unspecified atom stereocenters. The summed E-state index contributed by atoms with van der Waals surface area (Å²) in [7, 11) is 2.03. The van der Waals surface area contributed by atoms with E-state index in [2.05, 4.69) is 4.90 Å². The first kappa shape index (κ1) is 6.58. The molecule has 1 aliphatic carbocycles. The van der Waals surface area contributed by atoms with E-state index in [4.69, 9.17) is 5.73 Å². The Morgan fingerprint density at radius 2 is 2.30 bits per heavy atom. The van der Waals surface area contributed by atoms with Gasteiger partial charge in [-0.05, 0) is 19.4 Å². The molecule has 10 heavy (non-hydrogen) atoms. The highest BCUT2D eigenvalue weighted by Crippen LogP contribution is 2.35. The van der Waals surface area contributed by atoms with E-state index in [9.17, 15) is 5.11 Å². The third-order valence-corrected chi connectivity index (χ3v) is 2.91. The Balaban J connectivity index is 2.19. The van der Waals surface area contributed by atoms with Crippen molar-refractivity contribution in [1.29, 1.82) is 0 Å². The van der Waals surface area contributed by atoms with Crippen molar-refractivity contribution in [3.8, 4) is 0 Å². The number of hydrogen-bond donors (Lipinski definition) is 2. The first-order chi connectivity index (χ1) is 4.70. The Morgan fingerprint density at radius 1 is 1.60 bits per heavy atom. The van der Waals surface area contributed by atoms with E-state index >= 15 is 0 Å². The lowest BCUT2D eigenvalue weighted by molar-refractivity contribution is 0.0699. The lowest BCUT2D eigenvalue weighted by Crippen LogP contribution is -2.43. The Morgan fingerprint density at radius 3 is 2.60 bits per heavy atom. The molecule has 3 nitrogen and oxygen atoms in total. The van der Waals surface area contributed by atoms with Crippen LogP contribution in [0.2, 0.25) is 0 Å². The normalized spacial score (nSPS) is 54.3. The number of rotatable bonds is 0. The Bertz CT molecular complexity index is 139. The zero-order chi connectivity index (χ0) is 7.30. The van der Waals surface area contributed by atoms with E-state index < -0.39 is 0 Å². The van der Waals surface area contributed by atoms with Gasteiger partial charge in [-0.2, -0.15) is 0 Å². The van der Waals surface area contributed by atoms with Crippen molar-refractivity contribution in [2.24, 2.45) is 11.7 Å². The van der Waals surface area contributed by atoms with Crippen molar-refractivity contribution < 1.29 is 5.11 Å². The molecule has 0 aromatic carbocycles. The molecule has 1 heterocycles. The van der Waals surface area contributed by atoms with E-state index in [0.29, 0.717) is 5.92 Å². The van der Waals surface area contributed by atoms with Gasteiger partial charge in [-0.15, -0.1) is 0 Å². The summed E-state index contributed by atoms with van der Waals surface area (Å²) in [4.78, 5) is 2.17. The second kappa shape index (κ2) is 1.94.